The Hall–Kier alpha value is -4.90. The Bertz CT molecular complexity index is 1550. The summed E-state index contributed by atoms with van der Waals surface area (Å²) in [5.41, 5.74) is 7.05. The molecule has 0 N–H and O–H groups in total. The topological polar surface area (TPSA) is 0 Å². The summed E-state index contributed by atoms with van der Waals surface area (Å²) in [5.74, 6) is 6.22. The monoisotopic (exact) mass is 606 g/mol. The molecule has 0 aliphatic rings. The second kappa shape index (κ2) is 18.4. The maximum atomic E-state index is 3.31. The SMILES string of the molecule is Brc1ccccc1.C.C(#Cc1ccccc1)c1ccccc1.C(=C(c1ccccc1)c1ccccc1)c1ccccc1. The van der Waals surface area contributed by atoms with Gasteiger partial charge in [-0.3, -0.25) is 0 Å². The van der Waals surface area contributed by atoms with Crippen molar-refractivity contribution in [3.8, 4) is 11.8 Å². The third-order valence-corrected chi connectivity index (χ3v) is 6.44. The van der Waals surface area contributed by atoms with Gasteiger partial charge in [-0.25, -0.2) is 0 Å². The lowest BCUT2D eigenvalue weighted by molar-refractivity contribution is 1.55. The van der Waals surface area contributed by atoms with Crippen molar-refractivity contribution in [1.29, 1.82) is 0 Å². The molecule has 0 unspecified atom stereocenters. The fraction of sp³-hybridized carbons (Fsp3) is 0.0244. The maximum Gasteiger partial charge on any atom is 0.0249 e. The molecule has 0 aliphatic carbocycles. The maximum absolute atomic E-state index is 3.31. The molecule has 0 bridgehead atoms. The van der Waals surface area contributed by atoms with Gasteiger partial charge in [-0.05, 0) is 64.7 Å². The minimum atomic E-state index is 0. The van der Waals surface area contributed by atoms with Gasteiger partial charge in [0.15, 0.2) is 0 Å². The predicted octanol–water partition coefficient (Wildman–Crippen LogP) is 11.4. The highest BCUT2D eigenvalue weighted by atomic mass is 79.9. The Morgan fingerprint density at radius 2 is 0.714 bits per heavy atom. The van der Waals surface area contributed by atoms with Gasteiger partial charge in [-0.1, -0.05) is 181 Å². The van der Waals surface area contributed by atoms with Crippen LogP contribution >= 0.6 is 15.9 Å². The third-order valence-electron chi connectivity index (χ3n) is 5.91. The smallest absolute Gasteiger partial charge is 0.0249 e. The molecule has 1 heteroatoms. The van der Waals surface area contributed by atoms with Crippen LogP contribution in [0.2, 0.25) is 0 Å². The summed E-state index contributed by atoms with van der Waals surface area (Å²) in [7, 11) is 0. The molecule has 6 aromatic carbocycles. The third kappa shape index (κ3) is 11.3. The number of hydrogen-bond donors (Lipinski definition) is 0. The van der Waals surface area contributed by atoms with Crippen molar-refractivity contribution in [3.63, 3.8) is 0 Å². The van der Waals surface area contributed by atoms with E-state index in [1.165, 1.54) is 22.3 Å². The lowest BCUT2D eigenvalue weighted by Gasteiger charge is -2.08. The van der Waals surface area contributed by atoms with Crippen LogP contribution in [0.4, 0.5) is 0 Å². The lowest BCUT2D eigenvalue weighted by Crippen LogP contribution is -1.87. The normalized spacial score (nSPS) is 9.17. The number of rotatable bonds is 3. The molecule has 0 aliphatic heterocycles. The van der Waals surface area contributed by atoms with Crippen molar-refractivity contribution in [3.05, 3.63) is 214 Å². The average molecular weight is 608 g/mol. The van der Waals surface area contributed by atoms with E-state index in [-0.39, 0.29) is 7.43 Å². The number of benzene rings is 6. The molecule has 0 atom stereocenters. The van der Waals surface area contributed by atoms with Gasteiger partial charge in [0.25, 0.3) is 0 Å². The first kappa shape index (κ1) is 31.6. The van der Waals surface area contributed by atoms with Crippen molar-refractivity contribution in [2.75, 3.05) is 0 Å². The quantitative estimate of drug-likeness (QED) is 0.139. The minimum absolute atomic E-state index is 0. The Kier molecular flexibility index (Phi) is 13.9. The fourth-order valence-corrected chi connectivity index (χ4v) is 4.19. The van der Waals surface area contributed by atoms with Crippen molar-refractivity contribution in [2.45, 2.75) is 7.43 Å². The van der Waals surface area contributed by atoms with E-state index in [1.54, 1.807) is 0 Å². The summed E-state index contributed by atoms with van der Waals surface area (Å²) in [6.07, 6.45) is 2.24. The highest BCUT2D eigenvalue weighted by Crippen LogP contribution is 2.25. The van der Waals surface area contributed by atoms with Gasteiger partial charge in [0, 0.05) is 15.6 Å². The van der Waals surface area contributed by atoms with Gasteiger partial charge in [0.05, 0.1) is 0 Å². The highest BCUT2D eigenvalue weighted by molar-refractivity contribution is 9.10. The van der Waals surface area contributed by atoms with E-state index in [0.717, 1.165) is 15.6 Å². The first-order chi connectivity index (χ1) is 20.3. The Labute approximate surface area is 260 Å². The van der Waals surface area contributed by atoms with Crippen LogP contribution in [0.25, 0.3) is 11.6 Å². The molecule has 0 radical (unpaired) electrons. The second-order valence-electron chi connectivity index (χ2n) is 8.98. The molecule has 0 amide bonds. The zero-order valence-corrected chi connectivity index (χ0v) is 24.4. The largest absolute Gasteiger partial charge is 0.0776 e. The standard InChI is InChI=1S/C20H16.C14H10.C6H5Br.CH4/c1-4-10-17(11-5-1)16-20(18-12-6-2-7-13-18)19-14-8-3-9-15-19;1-3-7-13(8-4-1)11-12-14-9-5-2-6-10-14;7-6-4-2-1-3-5-6;/h1-16H;1-10H;1-5H;1H4. The van der Waals surface area contributed by atoms with Crippen molar-refractivity contribution in [1.82, 2.24) is 0 Å². The van der Waals surface area contributed by atoms with Crippen molar-refractivity contribution >= 4 is 27.6 Å². The van der Waals surface area contributed by atoms with Gasteiger partial charge in [-0.2, -0.15) is 0 Å². The minimum Gasteiger partial charge on any atom is -0.0776 e. The van der Waals surface area contributed by atoms with Crippen LogP contribution in [-0.2, 0) is 0 Å². The zero-order chi connectivity index (χ0) is 28.4. The van der Waals surface area contributed by atoms with Crippen LogP contribution in [0.1, 0.15) is 35.2 Å². The molecule has 0 aromatic heterocycles. The summed E-state index contributed by atoms with van der Waals surface area (Å²) in [6, 6.07) is 61.5. The molecular weight excluding hydrogens is 572 g/mol. The van der Waals surface area contributed by atoms with E-state index in [0.29, 0.717) is 0 Å². The lowest BCUT2D eigenvalue weighted by atomic mass is 9.96. The van der Waals surface area contributed by atoms with E-state index in [1.807, 2.05) is 97.1 Å². The number of halogens is 1. The molecular formula is C41H35Br. The van der Waals surface area contributed by atoms with Crippen molar-refractivity contribution < 1.29 is 0 Å². The van der Waals surface area contributed by atoms with Gasteiger partial charge in [0.2, 0.25) is 0 Å². The van der Waals surface area contributed by atoms with Gasteiger partial charge in [-0.15, -0.1) is 0 Å². The Balaban J connectivity index is 0.000000191. The van der Waals surface area contributed by atoms with E-state index < -0.39 is 0 Å². The zero-order valence-electron chi connectivity index (χ0n) is 22.8. The summed E-state index contributed by atoms with van der Waals surface area (Å²) >= 11 is 3.31. The first-order valence-electron chi connectivity index (χ1n) is 13.5. The summed E-state index contributed by atoms with van der Waals surface area (Å²) in [6.45, 7) is 0. The molecule has 206 valence electrons. The fourth-order valence-electron chi connectivity index (χ4n) is 3.89. The summed E-state index contributed by atoms with van der Waals surface area (Å²) < 4.78 is 1.13. The van der Waals surface area contributed by atoms with E-state index in [4.69, 9.17) is 0 Å². The predicted molar refractivity (Wildman–Crippen MR) is 186 cm³/mol. The van der Waals surface area contributed by atoms with Gasteiger partial charge in [0.1, 0.15) is 0 Å². The first-order valence-corrected chi connectivity index (χ1v) is 14.3. The summed E-state index contributed by atoms with van der Waals surface area (Å²) in [5, 5.41) is 0. The Morgan fingerprint density at radius 3 is 1.05 bits per heavy atom. The summed E-state index contributed by atoms with van der Waals surface area (Å²) in [4.78, 5) is 0. The van der Waals surface area contributed by atoms with Crippen LogP contribution in [0.15, 0.2) is 186 Å². The molecule has 0 saturated heterocycles. The van der Waals surface area contributed by atoms with Crippen LogP contribution < -0.4 is 0 Å². The Morgan fingerprint density at radius 1 is 0.405 bits per heavy atom. The molecule has 0 heterocycles. The molecule has 0 saturated carbocycles. The molecule has 0 spiro atoms. The number of hydrogen-bond acceptors (Lipinski definition) is 0. The van der Waals surface area contributed by atoms with E-state index >= 15 is 0 Å². The highest BCUT2D eigenvalue weighted by Gasteiger charge is 2.04. The van der Waals surface area contributed by atoms with Crippen LogP contribution in [0.3, 0.4) is 0 Å². The second-order valence-corrected chi connectivity index (χ2v) is 9.89. The average Bonchev–Trinajstić information content (AvgIpc) is 3.06. The van der Waals surface area contributed by atoms with E-state index in [2.05, 4.69) is 119 Å². The van der Waals surface area contributed by atoms with Crippen LogP contribution in [0.5, 0.6) is 0 Å². The molecule has 6 aromatic rings. The molecule has 0 nitrogen and oxygen atoms in total. The van der Waals surface area contributed by atoms with Crippen LogP contribution in [0, 0.1) is 11.8 Å². The van der Waals surface area contributed by atoms with Gasteiger partial charge >= 0.3 is 0 Å². The molecule has 0 fully saturated rings. The van der Waals surface area contributed by atoms with Gasteiger partial charge < -0.3 is 0 Å². The van der Waals surface area contributed by atoms with Crippen LogP contribution in [-0.4, -0.2) is 0 Å². The van der Waals surface area contributed by atoms with Crippen molar-refractivity contribution in [2.24, 2.45) is 0 Å². The molecule has 6 rings (SSSR count). The van der Waals surface area contributed by atoms with E-state index in [9.17, 15) is 0 Å². The molecule has 42 heavy (non-hydrogen) atoms.